The molecule has 47 heavy (non-hydrogen) atoms. The summed E-state index contributed by atoms with van der Waals surface area (Å²) in [5.41, 5.74) is 3.85. The first-order valence-electron chi connectivity index (χ1n) is 16.7. The van der Waals surface area contributed by atoms with Crippen LogP contribution in [0.15, 0.2) is 85.5 Å². The number of nitriles is 2. The fourth-order valence-electron chi connectivity index (χ4n) is 5.66. The van der Waals surface area contributed by atoms with Gasteiger partial charge < -0.3 is 0 Å². The van der Waals surface area contributed by atoms with E-state index >= 15 is 0 Å². The van der Waals surface area contributed by atoms with Gasteiger partial charge in [0.25, 0.3) is 0 Å². The standard InChI is InChI=1S/2C18H26N2Si.2CN.Ru/c2*1-14(2)12-21(13-15(3)4)16-8-9-18(20-11-16)17-7-5-6-10-19-17;2*1-2;/h2*5-11,14-15,21H,12-13H2,1-4H3;;;. The first-order valence-corrected chi connectivity index (χ1v) is 22.8. The molecule has 0 aliphatic carbocycles. The van der Waals surface area contributed by atoms with Crippen LogP contribution < -0.4 is 10.4 Å². The van der Waals surface area contributed by atoms with Crippen LogP contribution in [0.5, 0.6) is 0 Å². The van der Waals surface area contributed by atoms with Crippen molar-refractivity contribution in [2.45, 2.75) is 79.6 Å². The van der Waals surface area contributed by atoms with Gasteiger partial charge in [-0.2, -0.15) is 0 Å². The molecule has 0 unspecified atom stereocenters. The van der Waals surface area contributed by atoms with Crippen molar-refractivity contribution in [3.8, 4) is 32.1 Å². The van der Waals surface area contributed by atoms with Gasteiger partial charge in [-0.25, -0.2) is 0 Å². The topological polar surface area (TPSA) is 99.1 Å². The number of hydrogen-bond acceptors (Lipinski definition) is 6. The van der Waals surface area contributed by atoms with Crippen LogP contribution in [-0.4, -0.2) is 37.5 Å². The van der Waals surface area contributed by atoms with Crippen LogP contribution in [0.4, 0.5) is 0 Å². The van der Waals surface area contributed by atoms with Crippen molar-refractivity contribution in [3.05, 3.63) is 85.5 Å². The monoisotopic (exact) mass is 750 g/mol. The van der Waals surface area contributed by atoms with Gasteiger partial charge in [0.15, 0.2) is 0 Å². The number of aromatic nitrogens is 4. The van der Waals surface area contributed by atoms with Gasteiger partial charge >= 0.3 is 37.0 Å². The van der Waals surface area contributed by atoms with E-state index < -0.39 is 34.7 Å². The van der Waals surface area contributed by atoms with E-state index in [0.717, 1.165) is 46.4 Å². The molecule has 0 saturated carbocycles. The molecule has 0 bridgehead atoms. The molecule has 6 nitrogen and oxygen atoms in total. The van der Waals surface area contributed by atoms with Crippen molar-refractivity contribution in [1.82, 2.24) is 19.9 Å². The predicted octanol–water partition coefficient (Wildman–Crippen LogP) is 7.81. The van der Waals surface area contributed by atoms with Crippen molar-refractivity contribution >= 4 is 28.0 Å². The molecule has 4 aromatic heterocycles. The zero-order valence-corrected chi connectivity index (χ0v) is 33.5. The number of rotatable bonds is 12. The molecule has 0 radical (unpaired) electrons. The van der Waals surface area contributed by atoms with Crippen molar-refractivity contribution in [1.29, 1.82) is 10.5 Å². The summed E-state index contributed by atoms with van der Waals surface area (Å²) in [6.07, 6.45) is 7.84. The Morgan fingerprint density at radius 1 is 0.511 bits per heavy atom. The van der Waals surface area contributed by atoms with Gasteiger partial charge in [-0.15, -0.1) is 0 Å². The molecule has 0 spiro atoms. The van der Waals surface area contributed by atoms with E-state index in [1.165, 1.54) is 34.5 Å². The summed E-state index contributed by atoms with van der Waals surface area (Å²) in [5.74, 6) is 3.10. The second-order valence-corrected chi connectivity index (χ2v) is 20.8. The summed E-state index contributed by atoms with van der Waals surface area (Å²) in [4.78, 5) is 18.1. The number of hydrogen-bond donors (Lipinski definition) is 0. The molecule has 4 rings (SSSR count). The Hall–Kier alpha value is -3.36. The fraction of sp³-hybridized carbons (Fsp3) is 0.421. The zero-order chi connectivity index (χ0) is 34.6. The Bertz CT molecular complexity index is 1350. The zero-order valence-electron chi connectivity index (χ0n) is 29.4. The Morgan fingerprint density at radius 3 is 1.06 bits per heavy atom. The molecule has 0 aliphatic rings. The number of pyridine rings is 4. The van der Waals surface area contributed by atoms with Gasteiger partial charge in [-0.05, 0) is 70.4 Å². The van der Waals surface area contributed by atoms with Crippen molar-refractivity contribution < 1.29 is 17.1 Å². The summed E-state index contributed by atoms with van der Waals surface area (Å²) in [7, 11) is -1.81. The summed E-state index contributed by atoms with van der Waals surface area (Å²) < 4.78 is 3.49. The second-order valence-electron chi connectivity index (χ2n) is 13.5. The Kier molecular flexibility index (Phi) is 18.8. The molecule has 9 heteroatoms. The minimum atomic E-state index is -0.905. The summed E-state index contributed by atoms with van der Waals surface area (Å²) in [5, 5.41) is 18.3. The first-order chi connectivity index (χ1) is 22.5. The maximum absolute atomic E-state index is 7.63. The third kappa shape index (κ3) is 15.9. The third-order valence-corrected chi connectivity index (χ3v) is 16.5. The van der Waals surface area contributed by atoms with Gasteiger partial charge in [0.2, 0.25) is 0 Å². The van der Waals surface area contributed by atoms with Crippen LogP contribution in [-0.2, 0) is 17.1 Å². The summed E-state index contributed by atoms with van der Waals surface area (Å²) in [6, 6.07) is 26.2. The fourth-order valence-corrected chi connectivity index (χ4v) is 13.1. The average molecular weight is 750 g/mol. The van der Waals surface area contributed by atoms with Gasteiger partial charge in [-0.1, -0.05) is 104 Å². The minimum absolute atomic E-state index is 0.620. The molecule has 0 N–H and O–H groups in total. The predicted molar refractivity (Wildman–Crippen MR) is 198 cm³/mol. The molecule has 0 amide bonds. The van der Waals surface area contributed by atoms with E-state index in [9.17, 15) is 0 Å². The van der Waals surface area contributed by atoms with Crippen LogP contribution in [0, 0.1) is 43.5 Å². The first kappa shape index (κ1) is 39.8. The molecule has 4 aromatic rings. The van der Waals surface area contributed by atoms with Gasteiger partial charge in [0, 0.05) is 24.8 Å². The summed E-state index contributed by atoms with van der Waals surface area (Å²) >= 11 is -0.620. The van der Waals surface area contributed by atoms with E-state index in [2.05, 4.69) is 112 Å². The normalized spacial score (nSPS) is 10.9. The van der Waals surface area contributed by atoms with Crippen LogP contribution in [0.3, 0.4) is 0 Å². The SMILES string of the molecule is CC(C)C[SiH](CC(C)C)c1ccc(-c2ccccn2)nc1.CC(C)C[SiH](CC(C)C)c1ccc(-c2ccccn2)nc1.N#[C][Ru][C]#N. The average Bonchev–Trinajstić information content (AvgIpc) is 3.05. The van der Waals surface area contributed by atoms with E-state index in [1.807, 2.05) is 48.8 Å². The Labute approximate surface area is 295 Å². The Morgan fingerprint density at radius 2 is 0.851 bits per heavy atom. The molecular weight excluding hydrogens is 698 g/mol. The van der Waals surface area contributed by atoms with Crippen LogP contribution >= 0.6 is 0 Å². The van der Waals surface area contributed by atoms with Crippen molar-refractivity contribution in [2.75, 3.05) is 0 Å². The van der Waals surface area contributed by atoms with Crippen molar-refractivity contribution in [2.24, 2.45) is 23.7 Å². The van der Waals surface area contributed by atoms with E-state index in [-0.39, 0.29) is 0 Å². The second kappa shape index (κ2) is 22.3. The molecular formula is C38H52N6RuSi2. The molecule has 0 aromatic carbocycles. The van der Waals surface area contributed by atoms with Crippen molar-refractivity contribution in [3.63, 3.8) is 0 Å². The molecule has 0 atom stereocenters. The van der Waals surface area contributed by atoms with E-state index in [0.29, 0.717) is 0 Å². The summed E-state index contributed by atoms with van der Waals surface area (Å²) in [6.45, 7) is 18.6. The van der Waals surface area contributed by atoms with Crippen LogP contribution in [0.25, 0.3) is 22.8 Å². The molecule has 250 valence electrons. The molecule has 0 aliphatic heterocycles. The quantitative estimate of drug-likeness (QED) is 0.137. The van der Waals surface area contributed by atoms with Gasteiger partial charge in [0.1, 0.15) is 0 Å². The molecule has 4 heterocycles. The van der Waals surface area contributed by atoms with E-state index in [1.54, 1.807) is 9.33 Å². The van der Waals surface area contributed by atoms with Gasteiger partial charge in [-0.3, -0.25) is 19.9 Å². The van der Waals surface area contributed by atoms with Gasteiger partial charge in [0.05, 0.1) is 40.4 Å². The van der Waals surface area contributed by atoms with Crippen LogP contribution in [0.2, 0.25) is 24.2 Å². The third-order valence-electron chi connectivity index (χ3n) is 7.47. The molecule has 0 saturated heterocycles. The number of nitrogens with zero attached hydrogens (tertiary/aromatic N) is 6. The molecule has 0 fully saturated rings. The van der Waals surface area contributed by atoms with Crippen LogP contribution in [0.1, 0.15) is 55.4 Å². The van der Waals surface area contributed by atoms with E-state index in [4.69, 9.17) is 10.5 Å². The maximum atomic E-state index is 7.63. The Balaban J connectivity index is 0.000000286.